The van der Waals surface area contributed by atoms with Crippen LogP contribution in [0.5, 0.6) is 0 Å². The van der Waals surface area contributed by atoms with E-state index < -0.39 is 0 Å². The van der Waals surface area contributed by atoms with E-state index in [-0.39, 0.29) is 0 Å². The van der Waals surface area contributed by atoms with Crippen LogP contribution in [-0.2, 0) is 4.74 Å². The molecule has 1 fully saturated rings. The Labute approximate surface area is 84.8 Å². The molecule has 0 aromatic carbocycles. The molecule has 1 saturated heterocycles. The lowest BCUT2D eigenvalue weighted by atomic mass is 10.2. The number of isothiocyanates is 1. The highest BCUT2D eigenvalue weighted by Gasteiger charge is 2.21. The summed E-state index contributed by atoms with van der Waals surface area (Å²) in [4.78, 5) is 6.25. The van der Waals surface area contributed by atoms with E-state index in [0.29, 0.717) is 12.2 Å². The second-order valence-corrected chi connectivity index (χ2v) is 3.67. The molecule has 1 rings (SSSR count). The number of aliphatic imine (C=N–C) groups is 1. The smallest absolute Gasteiger partial charge is 0.0678 e. The van der Waals surface area contributed by atoms with Gasteiger partial charge >= 0.3 is 0 Å². The van der Waals surface area contributed by atoms with Gasteiger partial charge < -0.3 is 4.74 Å². The average Bonchev–Trinajstić information content (AvgIpc) is 2.03. The van der Waals surface area contributed by atoms with Crippen LogP contribution < -0.4 is 0 Å². The van der Waals surface area contributed by atoms with E-state index in [9.17, 15) is 0 Å². The van der Waals surface area contributed by atoms with E-state index >= 15 is 0 Å². The molecule has 0 amide bonds. The van der Waals surface area contributed by atoms with Gasteiger partial charge in [-0.2, -0.15) is 0 Å². The number of thiocarbonyl (C=S) groups is 1. The molecule has 3 nitrogen and oxygen atoms in total. The Morgan fingerprint density at radius 2 is 2.08 bits per heavy atom. The van der Waals surface area contributed by atoms with Gasteiger partial charge in [-0.25, -0.2) is 4.99 Å². The standard InChI is InChI=1S/C9H16N2OS/c1-8-5-11(4-3-10-7-13)6-9(2)12-8/h8-9H,3-6H2,1-2H3. The fourth-order valence-electron chi connectivity index (χ4n) is 1.70. The van der Waals surface area contributed by atoms with Gasteiger partial charge in [0.2, 0.25) is 0 Å². The third-order valence-electron chi connectivity index (χ3n) is 2.09. The van der Waals surface area contributed by atoms with Gasteiger partial charge in [0.25, 0.3) is 0 Å². The van der Waals surface area contributed by atoms with Gasteiger partial charge in [0, 0.05) is 19.6 Å². The third-order valence-corrected chi connectivity index (χ3v) is 2.22. The highest BCUT2D eigenvalue weighted by atomic mass is 32.1. The van der Waals surface area contributed by atoms with Crippen LogP contribution in [-0.4, -0.2) is 48.4 Å². The van der Waals surface area contributed by atoms with Crippen LogP contribution in [0.4, 0.5) is 0 Å². The van der Waals surface area contributed by atoms with E-state index in [1.807, 2.05) is 0 Å². The van der Waals surface area contributed by atoms with Crippen molar-refractivity contribution in [2.75, 3.05) is 26.2 Å². The van der Waals surface area contributed by atoms with Gasteiger partial charge in [-0.3, -0.25) is 4.90 Å². The van der Waals surface area contributed by atoms with Crippen molar-refractivity contribution in [2.45, 2.75) is 26.1 Å². The quantitative estimate of drug-likeness (QED) is 0.505. The fourth-order valence-corrected chi connectivity index (χ4v) is 1.80. The topological polar surface area (TPSA) is 24.8 Å². The Morgan fingerprint density at radius 3 is 2.62 bits per heavy atom. The molecule has 0 aromatic rings. The number of rotatable bonds is 3. The first-order valence-electron chi connectivity index (χ1n) is 4.64. The maximum absolute atomic E-state index is 5.61. The molecular formula is C9H16N2OS. The highest BCUT2D eigenvalue weighted by Crippen LogP contribution is 2.09. The number of morpholine rings is 1. The van der Waals surface area contributed by atoms with Crippen LogP contribution in [0.2, 0.25) is 0 Å². The zero-order valence-electron chi connectivity index (χ0n) is 8.19. The molecule has 0 N–H and O–H groups in total. The Morgan fingerprint density at radius 1 is 1.46 bits per heavy atom. The lowest BCUT2D eigenvalue weighted by molar-refractivity contribution is -0.0669. The van der Waals surface area contributed by atoms with Crippen molar-refractivity contribution in [3.05, 3.63) is 0 Å². The Bertz CT molecular complexity index is 194. The zero-order chi connectivity index (χ0) is 9.68. The van der Waals surface area contributed by atoms with E-state index in [2.05, 4.69) is 41.1 Å². The molecule has 2 atom stereocenters. The summed E-state index contributed by atoms with van der Waals surface area (Å²) >= 11 is 4.51. The van der Waals surface area contributed by atoms with Crippen LogP contribution in [0, 0.1) is 0 Å². The van der Waals surface area contributed by atoms with Gasteiger partial charge in [0.15, 0.2) is 0 Å². The predicted molar refractivity (Wildman–Crippen MR) is 56.3 cm³/mol. The number of ether oxygens (including phenoxy) is 1. The minimum Gasteiger partial charge on any atom is -0.373 e. The summed E-state index contributed by atoms with van der Waals surface area (Å²) in [5, 5.41) is 2.38. The van der Waals surface area contributed by atoms with E-state index in [4.69, 9.17) is 4.74 Å². The maximum Gasteiger partial charge on any atom is 0.0678 e. The van der Waals surface area contributed by atoms with Crippen LogP contribution in [0.25, 0.3) is 0 Å². The summed E-state index contributed by atoms with van der Waals surface area (Å²) < 4.78 is 5.61. The van der Waals surface area contributed by atoms with Crippen molar-refractivity contribution >= 4 is 17.4 Å². The Balaban J connectivity index is 2.28. The van der Waals surface area contributed by atoms with Crippen LogP contribution in [0.3, 0.4) is 0 Å². The molecule has 13 heavy (non-hydrogen) atoms. The second-order valence-electron chi connectivity index (χ2n) is 3.49. The number of hydrogen-bond acceptors (Lipinski definition) is 4. The molecule has 0 aliphatic carbocycles. The first kappa shape index (κ1) is 10.8. The lowest BCUT2D eigenvalue weighted by Crippen LogP contribution is -2.46. The zero-order valence-corrected chi connectivity index (χ0v) is 9.01. The fraction of sp³-hybridized carbons (Fsp3) is 0.889. The minimum atomic E-state index is 0.334. The Kier molecular flexibility index (Phi) is 4.53. The third kappa shape index (κ3) is 3.96. The first-order chi connectivity index (χ1) is 6.22. The molecule has 0 bridgehead atoms. The monoisotopic (exact) mass is 200 g/mol. The van der Waals surface area contributed by atoms with Crippen molar-refractivity contribution in [3.8, 4) is 0 Å². The number of nitrogens with zero attached hydrogens (tertiary/aromatic N) is 2. The molecule has 0 aromatic heterocycles. The molecule has 0 spiro atoms. The lowest BCUT2D eigenvalue weighted by Gasteiger charge is -2.34. The summed E-state index contributed by atoms with van der Waals surface area (Å²) in [5.41, 5.74) is 0. The predicted octanol–water partition coefficient (Wildman–Crippen LogP) is 1.20. The van der Waals surface area contributed by atoms with Crippen molar-refractivity contribution in [2.24, 2.45) is 4.99 Å². The molecule has 1 aliphatic heterocycles. The highest BCUT2D eigenvalue weighted by molar-refractivity contribution is 7.78. The maximum atomic E-state index is 5.61. The van der Waals surface area contributed by atoms with E-state index in [0.717, 1.165) is 26.2 Å². The van der Waals surface area contributed by atoms with Crippen LogP contribution >= 0.6 is 12.2 Å². The van der Waals surface area contributed by atoms with Crippen LogP contribution in [0.1, 0.15) is 13.8 Å². The van der Waals surface area contributed by atoms with Gasteiger partial charge in [-0.15, -0.1) is 0 Å². The SMILES string of the molecule is CC1CN(CCN=C=S)CC(C)O1. The molecule has 0 saturated carbocycles. The van der Waals surface area contributed by atoms with Gasteiger partial charge in [0.05, 0.1) is 23.9 Å². The molecular weight excluding hydrogens is 184 g/mol. The van der Waals surface area contributed by atoms with Crippen molar-refractivity contribution in [1.82, 2.24) is 4.90 Å². The second kappa shape index (κ2) is 5.45. The van der Waals surface area contributed by atoms with Crippen LogP contribution in [0.15, 0.2) is 4.99 Å². The normalized spacial score (nSPS) is 29.7. The average molecular weight is 200 g/mol. The summed E-state index contributed by atoms with van der Waals surface area (Å²) in [5.74, 6) is 0. The largest absolute Gasteiger partial charge is 0.373 e. The van der Waals surface area contributed by atoms with E-state index in [1.165, 1.54) is 0 Å². The van der Waals surface area contributed by atoms with E-state index in [1.54, 1.807) is 0 Å². The van der Waals surface area contributed by atoms with Crippen molar-refractivity contribution in [3.63, 3.8) is 0 Å². The summed E-state index contributed by atoms with van der Waals surface area (Å²) in [6.45, 7) is 7.91. The summed E-state index contributed by atoms with van der Waals surface area (Å²) in [6.07, 6.45) is 0.667. The van der Waals surface area contributed by atoms with Crippen molar-refractivity contribution < 1.29 is 4.74 Å². The van der Waals surface area contributed by atoms with Gasteiger partial charge in [-0.05, 0) is 26.1 Å². The molecule has 4 heteroatoms. The van der Waals surface area contributed by atoms with Crippen molar-refractivity contribution in [1.29, 1.82) is 0 Å². The molecule has 2 unspecified atom stereocenters. The molecule has 74 valence electrons. The van der Waals surface area contributed by atoms with Gasteiger partial charge in [-0.1, -0.05) is 0 Å². The molecule has 0 radical (unpaired) electrons. The molecule has 1 aliphatic rings. The number of hydrogen-bond donors (Lipinski definition) is 0. The first-order valence-corrected chi connectivity index (χ1v) is 5.04. The minimum absolute atomic E-state index is 0.334. The summed E-state index contributed by atoms with van der Waals surface area (Å²) in [7, 11) is 0. The molecule has 1 heterocycles. The Hall–Kier alpha value is -0.280. The summed E-state index contributed by atoms with van der Waals surface area (Å²) in [6, 6.07) is 0. The van der Waals surface area contributed by atoms with Gasteiger partial charge in [0.1, 0.15) is 0 Å².